The van der Waals surface area contributed by atoms with Crippen molar-refractivity contribution in [2.75, 3.05) is 26.2 Å². The molecule has 0 aromatic heterocycles. The Morgan fingerprint density at radius 1 is 1.00 bits per heavy atom. The van der Waals surface area contributed by atoms with E-state index < -0.39 is 58.7 Å². The smallest absolute Gasteiger partial charge is 0.248 e. The van der Waals surface area contributed by atoms with Crippen LogP contribution in [0.15, 0.2) is 47.4 Å². The van der Waals surface area contributed by atoms with Gasteiger partial charge < -0.3 is 25.8 Å². The molecule has 48 heavy (non-hydrogen) atoms. The summed E-state index contributed by atoms with van der Waals surface area (Å²) in [6.07, 6.45) is -0.128. The second kappa shape index (κ2) is 14.5. The van der Waals surface area contributed by atoms with Gasteiger partial charge in [-0.15, -0.1) is 0 Å². The van der Waals surface area contributed by atoms with E-state index in [1.165, 1.54) is 32.9 Å². The molecular weight excluding hydrogens is 703 g/mol. The highest BCUT2D eigenvalue weighted by Gasteiger charge is 2.54. The standard InChI is InChI=1S/C32H39Cl3N6O6S/c1-4-38-17-27-40(48(46,47)26-12-11-21(34)15-22(26)35)16-23(37-29(42)24-6-5-13-39(24)32(45)28(36)18(2)3)30(43)41(27)25(31(38)44)14-19-7-9-20(33)10-8-19/h7-12,15,18,23-25,27-28H,4-6,13-14,16-17,36H2,1-3H3,(H,37,42). The summed E-state index contributed by atoms with van der Waals surface area (Å²) in [6, 6.07) is 6.61. The molecule has 3 N–H and O–H groups in total. The third kappa shape index (κ3) is 7.03. The summed E-state index contributed by atoms with van der Waals surface area (Å²) < 4.78 is 29.9. The second-order valence-corrected chi connectivity index (χ2v) is 15.8. The van der Waals surface area contributed by atoms with Gasteiger partial charge in [0.25, 0.3) is 0 Å². The number of carbonyl (C=O) groups excluding carboxylic acids is 4. The topological polar surface area (TPSA) is 153 Å². The summed E-state index contributed by atoms with van der Waals surface area (Å²) in [4.78, 5) is 59.2. The summed E-state index contributed by atoms with van der Waals surface area (Å²) in [6.45, 7) is 5.47. The summed E-state index contributed by atoms with van der Waals surface area (Å²) in [7, 11) is -4.43. The summed E-state index contributed by atoms with van der Waals surface area (Å²) >= 11 is 18.6. The fraction of sp³-hybridized carbons (Fsp3) is 0.500. The van der Waals surface area contributed by atoms with Gasteiger partial charge in [0.05, 0.1) is 17.6 Å². The molecule has 3 aliphatic heterocycles. The fourth-order valence-corrected chi connectivity index (χ4v) is 9.00. The zero-order valence-corrected chi connectivity index (χ0v) is 29.9. The molecule has 0 spiro atoms. The highest BCUT2D eigenvalue weighted by Crippen LogP contribution is 2.35. The molecule has 3 fully saturated rings. The number of carbonyl (C=O) groups is 4. The van der Waals surface area contributed by atoms with E-state index >= 15 is 0 Å². The molecule has 0 aliphatic carbocycles. The van der Waals surface area contributed by atoms with Crippen LogP contribution < -0.4 is 11.1 Å². The van der Waals surface area contributed by atoms with Crippen LogP contribution in [0.3, 0.4) is 0 Å². The molecule has 260 valence electrons. The van der Waals surface area contributed by atoms with Gasteiger partial charge in [-0.2, -0.15) is 4.31 Å². The van der Waals surface area contributed by atoms with Crippen molar-refractivity contribution in [3.05, 3.63) is 63.1 Å². The number of fused-ring (bicyclic) bond motifs is 1. The molecule has 3 aliphatic rings. The first-order valence-electron chi connectivity index (χ1n) is 15.8. The minimum Gasteiger partial charge on any atom is -0.341 e. The van der Waals surface area contributed by atoms with Crippen molar-refractivity contribution in [3.8, 4) is 0 Å². The summed E-state index contributed by atoms with van der Waals surface area (Å²) in [5, 5.41) is 3.34. The number of hydrogen-bond donors (Lipinski definition) is 2. The Morgan fingerprint density at radius 2 is 1.67 bits per heavy atom. The van der Waals surface area contributed by atoms with Crippen LogP contribution in [0.4, 0.5) is 0 Å². The first kappa shape index (κ1) is 36.3. The zero-order chi connectivity index (χ0) is 35.1. The van der Waals surface area contributed by atoms with Crippen molar-refractivity contribution >= 4 is 68.5 Å². The maximum Gasteiger partial charge on any atom is 0.248 e. The van der Waals surface area contributed by atoms with E-state index in [-0.39, 0.29) is 52.2 Å². The Hall–Kier alpha value is -2.94. The van der Waals surface area contributed by atoms with Crippen LogP contribution in [0.25, 0.3) is 0 Å². The van der Waals surface area contributed by atoms with Crippen LogP contribution in [0, 0.1) is 5.92 Å². The van der Waals surface area contributed by atoms with Crippen molar-refractivity contribution in [1.29, 1.82) is 0 Å². The lowest BCUT2D eigenvalue weighted by Gasteiger charge is -2.53. The number of nitrogens with one attached hydrogen (secondary N) is 1. The second-order valence-electron chi connectivity index (χ2n) is 12.6. The Bertz CT molecular complexity index is 1690. The predicted octanol–water partition coefficient (Wildman–Crippen LogP) is 2.74. The number of hydrogen-bond acceptors (Lipinski definition) is 7. The average molecular weight is 742 g/mol. The number of likely N-dealkylation sites (N-methyl/N-ethyl adjacent to an activating group) is 1. The molecule has 3 saturated heterocycles. The van der Waals surface area contributed by atoms with Crippen LogP contribution in [-0.4, -0.2) is 108 Å². The number of nitrogens with two attached hydrogens (primary N) is 1. The van der Waals surface area contributed by atoms with E-state index in [4.69, 9.17) is 40.5 Å². The Kier molecular flexibility index (Phi) is 11.0. The maximum atomic E-state index is 14.4. The number of benzene rings is 2. The predicted molar refractivity (Wildman–Crippen MR) is 182 cm³/mol. The van der Waals surface area contributed by atoms with Crippen molar-refractivity contribution in [3.63, 3.8) is 0 Å². The molecular formula is C32H39Cl3N6O6S. The van der Waals surface area contributed by atoms with Crippen LogP contribution in [0.1, 0.15) is 39.2 Å². The molecule has 4 amide bonds. The van der Waals surface area contributed by atoms with Gasteiger partial charge >= 0.3 is 0 Å². The molecule has 5 unspecified atom stereocenters. The number of halogens is 3. The first-order valence-corrected chi connectivity index (χ1v) is 18.4. The average Bonchev–Trinajstić information content (AvgIpc) is 3.53. The van der Waals surface area contributed by atoms with E-state index in [9.17, 15) is 27.6 Å². The molecule has 3 heterocycles. The van der Waals surface area contributed by atoms with Gasteiger partial charge in [-0.25, -0.2) is 8.42 Å². The lowest BCUT2D eigenvalue weighted by atomic mass is 9.97. The quantitative estimate of drug-likeness (QED) is 0.401. The minimum absolute atomic E-state index is 0.0724. The molecule has 0 saturated carbocycles. The largest absolute Gasteiger partial charge is 0.341 e. The minimum atomic E-state index is -4.43. The van der Waals surface area contributed by atoms with Crippen molar-refractivity contribution in [2.45, 2.75) is 75.3 Å². The molecule has 5 atom stereocenters. The number of likely N-dealkylation sites (tertiary alicyclic amines) is 1. The van der Waals surface area contributed by atoms with Crippen molar-refractivity contribution in [2.24, 2.45) is 11.7 Å². The molecule has 16 heteroatoms. The molecule has 12 nitrogen and oxygen atoms in total. The van der Waals surface area contributed by atoms with E-state index in [2.05, 4.69) is 5.32 Å². The zero-order valence-electron chi connectivity index (χ0n) is 26.8. The fourth-order valence-electron chi connectivity index (χ4n) is 6.54. The van der Waals surface area contributed by atoms with Crippen LogP contribution >= 0.6 is 34.8 Å². The van der Waals surface area contributed by atoms with Crippen LogP contribution in [-0.2, 0) is 35.6 Å². The molecule has 2 aromatic carbocycles. The Morgan fingerprint density at radius 3 is 2.29 bits per heavy atom. The van der Waals surface area contributed by atoms with Gasteiger partial charge in [-0.3, -0.25) is 19.2 Å². The summed E-state index contributed by atoms with van der Waals surface area (Å²) in [5.41, 5.74) is 6.83. The molecule has 0 radical (unpaired) electrons. The van der Waals surface area contributed by atoms with Gasteiger partial charge in [0, 0.05) is 36.1 Å². The first-order chi connectivity index (χ1) is 22.6. The van der Waals surface area contributed by atoms with Gasteiger partial charge in [0.15, 0.2) is 0 Å². The van der Waals surface area contributed by atoms with Crippen LogP contribution in [0.2, 0.25) is 15.1 Å². The maximum absolute atomic E-state index is 14.4. The number of amides is 4. The van der Waals surface area contributed by atoms with E-state index in [1.807, 2.05) is 13.8 Å². The van der Waals surface area contributed by atoms with Gasteiger partial charge in [-0.05, 0) is 61.6 Å². The van der Waals surface area contributed by atoms with Gasteiger partial charge in [-0.1, -0.05) is 60.8 Å². The Balaban J connectivity index is 1.54. The molecule has 0 bridgehead atoms. The Labute approximate surface area is 295 Å². The van der Waals surface area contributed by atoms with Gasteiger partial charge in [0.2, 0.25) is 33.7 Å². The lowest BCUT2D eigenvalue weighted by Crippen LogP contribution is -2.76. The third-order valence-electron chi connectivity index (χ3n) is 9.25. The van der Waals surface area contributed by atoms with Crippen molar-refractivity contribution < 1.29 is 27.6 Å². The number of sulfonamides is 1. The van der Waals surface area contributed by atoms with E-state index in [0.717, 1.165) is 4.31 Å². The highest BCUT2D eigenvalue weighted by molar-refractivity contribution is 7.89. The number of nitrogens with zero attached hydrogens (tertiary/aromatic N) is 4. The molecule has 5 rings (SSSR count). The third-order valence-corrected chi connectivity index (χ3v) is 12.1. The van der Waals surface area contributed by atoms with Gasteiger partial charge in [0.1, 0.15) is 29.2 Å². The lowest BCUT2D eigenvalue weighted by molar-refractivity contribution is -0.167. The van der Waals surface area contributed by atoms with Crippen molar-refractivity contribution in [1.82, 2.24) is 24.3 Å². The van der Waals surface area contributed by atoms with E-state index in [1.54, 1.807) is 31.2 Å². The number of piperazine rings is 1. The monoisotopic (exact) mass is 740 g/mol. The van der Waals surface area contributed by atoms with Crippen LogP contribution in [0.5, 0.6) is 0 Å². The SMILES string of the molecule is CCN1CC2N(C(=O)C(NC(=O)C3CCCN3C(=O)C(N)C(C)C)CN2S(=O)(=O)c2ccc(Cl)cc2Cl)C(Cc2ccc(Cl)cc2)C1=O. The normalized spacial score (nSPS) is 24.2. The highest BCUT2D eigenvalue weighted by atomic mass is 35.5. The molecule has 2 aromatic rings. The summed E-state index contributed by atoms with van der Waals surface area (Å²) in [5.74, 6) is -2.11. The van der Waals surface area contributed by atoms with E-state index in [0.29, 0.717) is 30.0 Å². The number of rotatable bonds is 9.